The molecule has 88 valence electrons. The molecule has 3 N–H and O–H groups in total. The summed E-state index contributed by atoms with van der Waals surface area (Å²) in [7, 11) is 0. The molecule has 2 heterocycles. The largest absolute Gasteiger partial charge is 0.382 e. The van der Waals surface area contributed by atoms with Crippen LogP contribution in [0.4, 0.5) is 5.82 Å². The number of anilines is 1. The molecule has 1 unspecified atom stereocenters. The van der Waals surface area contributed by atoms with Crippen molar-refractivity contribution >= 4 is 23.1 Å². The Labute approximate surface area is 103 Å². The molecule has 2 rings (SSSR count). The maximum Gasteiger partial charge on any atom is 0.272 e. The third-order valence-electron chi connectivity index (χ3n) is 2.20. The van der Waals surface area contributed by atoms with E-state index in [0.717, 1.165) is 4.88 Å². The van der Waals surface area contributed by atoms with Crippen molar-refractivity contribution in [3.8, 4) is 0 Å². The molecular weight excluding hydrogens is 236 g/mol. The molecule has 6 heteroatoms. The van der Waals surface area contributed by atoms with Crippen LogP contribution in [0.1, 0.15) is 28.3 Å². The Kier molecular flexibility index (Phi) is 3.34. The van der Waals surface area contributed by atoms with Gasteiger partial charge in [0, 0.05) is 4.88 Å². The summed E-state index contributed by atoms with van der Waals surface area (Å²) in [6.45, 7) is 1.92. The van der Waals surface area contributed by atoms with Gasteiger partial charge in [0.05, 0.1) is 18.4 Å². The molecule has 0 aliphatic heterocycles. The van der Waals surface area contributed by atoms with E-state index in [1.165, 1.54) is 12.4 Å². The predicted octanol–water partition coefficient (Wildman–Crippen LogP) is 1.61. The van der Waals surface area contributed by atoms with Crippen LogP contribution in [0.15, 0.2) is 29.9 Å². The van der Waals surface area contributed by atoms with Crippen LogP contribution in [-0.2, 0) is 0 Å². The fourth-order valence-electron chi connectivity index (χ4n) is 1.37. The van der Waals surface area contributed by atoms with Crippen LogP contribution in [0.25, 0.3) is 0 Å². The number of hydrogen-bond donors (Lipinski definition) is 2. The number of amides is 1. The quantitative estimate of drug-likeness (QED) is 0.864. The van der Waals surface area contributed by atoms with E-state index in [-0.39, 0.29) is 23.5 Å². The summed E-state index contributed by atoms with van der Waals surface area (Å²) >= 11 is 1.60. The molecule has 0 saturated heterocycles. The second-order valence-electron chi connectivity index (χ2n) is 3.54. The first-order chi connectivity index (χ1) is 8.16. The van der Waals surface area contributed by atoms with Gasteiger partial charge in [0.2, 0.25) is 0 Å². The van der Waals surface area contributed by atoms with E-state index in [4.69, 9.17) is 5.73 Å². The average molecular weight is 248 g/mol. The lowest BCUT2D eigenvalue weighted by molar-refractivity contribution is 0.0935. The van der Waals surface area contributed by atoms with Gasteiger partial charge in [0.1, 0.15) is 11.5 Å². The fraction of sp³-hybridized carbons (Fsp3) is 0.182. The van der Waals surface area contributed by atoms with Gasteiger partial charge < -0.3 is 11.1 Å². The van der Waals surface area contributed by atoms with E-state index in [9.17, 15) is 4.79 Å². The Morgan fingerprint density at radius 3 is 3.00 bits per heavy atom. The first-order valence-corrected chi connectivity index (χ1v) is 5.96. The molecule has 0 aliphatic carbocycles. The van der Waals surface area contributed by atoms with Crippen LogP contribution in [-0.4, -0.2) is 15.9 Å². The minimum Gasteiger partial charge on any atom is -0.382 e. The highest BCUT2D eigenvalue weighted by atomic mass is 32.1. The van der Waals surface area contributed by atoms with Gasteiger partial charge in [0.15, 0.2) is 0 Å². The van der Waals surface area contributed by atoms with Gasteiger partial charge in [-0.15, -0.1) is 11.3 Å². The number of rotatable bonds is 3. The second-order valence-corrected chi connectivity index (χ2v) is 4.52. The summed E-state index contributed by atoms with van der Waals surface area (Å²) in [5, 5.41) is 4.81. The van der Waals surface area contributed by atoms with Gasteiger partial charge in [-0.3, -0.25) is 9.78 Å². The molecule has 17 heavy (non-hydrogen) atoms. The van der Waals surface area contributed by atoms with Crippen LogP contribution >= 0.6 is 11.3 Å². The Morgan fingerprint density at radius 1 is 1.53 bits per heavy atom. The number of aromatic nitrogens is 2. The van der Waals surface area contributed by atoms with Crippen LogP contribution in [0.2, 0.25) is 0 Å². The molecule has 5 nitrogen and oxygen atoms in total. The number of nitrogens with one attached hydrogen (secondary N) is 1. The molecule has 0 radical (unpaired) electrons. The number of nitrogen functional groups attached to an aromatic ring is 1. The van der Waals surface area contributed by atoms with Crippen molar-refractivity contribution in [3.63, 3.8) is 0 Å². The van der Waals surface area contributed by atoms with Crippen molar-refractivity contribution in [2.24, 2.45) is 0 Å². The zero-order chi connectivity index (χ0) is 12.3. The summed E-state index contributed by atoms with van der Waals surface area (Å²) in [6.07, 6.45) is 2.80. The zero-order valence-corrected chi connectivity index (χ0v) is 10.1. The van der Waals surface area contributed by atoms with E-state index < -0.39 is 0 Å². The van der Waals surface area contributed by atoms with Gasteiger partial charge in [-0.05, 0) is 18.4 Å². The van der Waals surface area contributed by atoms with Gasteiger partial charge in [-0.1, -0.05) is 6.07 Å². The van der Waals surface area contributed by atoms with Gasteiger partial charge >= 0.3 is 0 Å². The van der Waals surface area contributed by atoms with Crippen LogP contribution in [0.5, 0.6) is 0 Å². The number of thiophene rings is 1. The van der Waals surface area contributed by atoms with Crippen LogP contribution in [0, 0.1) is 0 Å². The zero-order valence-electron chi connectivity index (χ0n) is 9.25. The maximum atomic E-state index is 11.8. The van der Waals surface area contributed by atoms with E-state index in [0.29, 0.717) is 0 Å². The van der Waals surface area contributed by atoms with Crippen molar-refractivity contribution in [1.82, 2.24) is 15.3 Å². The summed E-state index contributed by atoms with van der Waals surface area (Å²) in [6, 6.07) is 3.87. The van der Waals surface area contributed by atoms with Crippen molar-refractivity contribution in [1.29, 1.82) is 0 Å². The third-order valence-corrected chi connectivity index (χ3v) is 3.26. The minimum absolute atomic E-state index is 0.0502. The third kappa shape index (κ3) is 2.79. The summed E-state index contributed by atoms with van der Waals surface area (Å²) in [5.74, 6) is -0.0351. The number of hydrogen-bond acceptors (Lipinski definition) is 5. The number of nitrogens with zero attached hydrogens (tertiary/aromatic N) is 2. The van der Waals surface area contributed by atoms with Gasteiger partial charge in [-0.2, -0.15) is 0 Å². The van der Waals surface area contributed by atoms with E-state index in [2.05, 4.69) is 15.3 Å². The molecule has 0 aliphatic rings. The topological polar surface area (TPSA) is 80.9 Å². The van der Waals surface area contributed by atoms with Gasteiger partial charge in [0.25, 0.3) is 5.91 Å². The Bertz CT molecular complexity index is 512. The smallest absolute Gasteiger partial charge is 0.272 e. The predicted molar refractivity (Wildman–Crippen MR) is 66.6 cm³/mol. The van der Waals surface area contributed by atoms with Crippen molar-refractivity contribution in [2.75, 3.05) is 5.73 Å². The van der Waals surface area contributed by atoms with E-state index in [1.807, 2.05) is 24.4 Å². The lowest BCUT2D eigenvalue weighted by Crippen LogP contribution is -2.27. The van der Waals surface area contributed by atoms with E-state index >= 15 is 0 Å². The molecule has 0 fully saturated rings. The normalized spacial score (nSPS) is 12.1. The van der Waals surface area contributed by atoms with Gasteiger partial charge in [-0.25, -0.2) is 4.98 Å². The molecule has 0 saturated carbocycles. The minimum atomic E-state index is -0.272. The number of carbonyl (C=O) groups excluding carboxylic acids is 1. The number of nitrogens with two attached hydrogens (primary N) is 1. The van der Waals surface area contributed by atoms with Crippen LogP contribution < -0.4 is 11.1 Å². The molecular formula is C11H12N4OS. The molecule has 2 aromatic rings. The van der Waals surface area contributed by atoms with Crippen LogP contribution in [0.3, 0.4) is 0 Å². The maximum absolute atomic E-state index is 11.8. The SMILES string of the molecule is CC(NC(=O)c1cncc(N)n1)c1cccs1. The summed E-state index contributed by atoms with van der Waals surface area (Å²) in [4.78, 5) is 20.7. The first-order valence-electron chi connectivity index (χ1n) is 5.08. The highest BCUT2D eigenvalue weighted by molar-refractivity contribution is 7.10. The number of carbonyl (C=O) groups is 1. The lowest BCUT2D eigenvalue weighted by atomic mass is 10.2. The fourth-order valence-corrected chi connectivity index (χ4v) is 2.10. The highest BCUT2D eigenvalue weighted by Gasteiger charge is 2.13. The molecule has 1 atom stereocenters. The second kappa shape index (κ2) is 4.92. The standard InChI is InChI=1S/C11H12N4OS/c1-7(9-3-2-4-17-9)14-11(16)8-5-13-6-10(12)15-8/h2-7H,1H3,(H2,12,15)(H,14,16). The average Bonchev–Trinajstić information content (AvgIpc) is 2.82. The summed E-state index contributed by atoms with van der Waals surface area (Å²) < 4.78 is 0. The Morgan fingerprint density at radius 2 is 2.35 bits per heavy atom. The lowest BCUT2D eigenvalue weighted by Gasteiger charge is -2.11. The van der Waals surface area contributed by atoms with E-state index in [1.54, 1.807) is 11.3 Å². The Hall–Kier alpha value is -1.95. The highest BCUT2D eigenvalue weighted by Crippen LogP contribution is 2.18. The Balaban J connectivity index is 2.07. The molecule has 1 amide bonds. The van der Waals surface area contributed by atoms with Crippen molar-refractivity contribution in [3.05, 3.63) is 40.5 Å². The monoisotopic (exact) mass is 248 g/mol. The van der Waals surface area contributed by atoms with Crippen molar-refractivity contribution < 1.29 is 4.79 Å². The van der Waals surface area contributed by atoms with Crippen molar-refractivity contribution in [2.45, 2.75) is 13.0 Å². The summed E-state index contributed by atoms with van der Waals surface area (Å²) in [5.41, 5.74) is 5.70. The molecule has 0 aromatic carbocycles. The molecule has 0 spiro atoms. The molecule has 0 bridgehead atoms. The first kappa shape index (κ1) is 11.5. The molecule has 2 aromatic heterocycles.